The summed E-state index contributed by atoms with van der Waals surface area (Å²) in [4.78, 5) is 0. The van der Waals surface area contributed by atoms with E-state index in [0.717, 1.165) is 5.92 Å². The van der Waals surface area contributed by atoms with Gasteiger partial charge in [-0.1, -0.05) is 49.2 Å². The second kappa shape index (κ2) is 7.31. The van der Waals surface area contributed by atoms with E-state index in [4.69, 9.17) is 0 Å². The summed E-state index contributed by atoms with van der Waals surface area (Å²) in [6.45, 7) is 6.74. The van der Waals surface area contributed by atoms with E-state index < -0.39 is 0 Å². The second-order valence-electron chi connectivity index (χ2n) is 8.24. The van der Waals surface area contributed by atoms with Gasteiger partial charge < -0.3 is 0 Å². The van der Waals surface area contributed by atoms with Crippen LogP contribution in [-0.4, -0.2) is 0 Å². The van der Waals surface area contributed by atoms with Gasteiger partial charge in [-0.2, -0.15) is 0 Å². The minimum Gasteiger partial charge on any atom is -0.201 e. The first-order valence-corrected chi connectivity index (χ1v) is 10.2. The fourth-order valence-electron chi connectivity index (χ4n) is 4.80. The molecule has 1 aliphatic carbocycles. The lowest BCUT2D eigenvalue weighted by Gasteiger charge is -2.16. The molecule has 1 aromatic heterocycles. The molecule has 0 aliphatic heterocycles. The lowest BCUT2D eigenvalue weighted by Crippen LogP contribution is -2.32. The van der Waals surface area contributed by atoms with Crippen LogP contribution in [0.25, 0.3) is 22.4 Å². The first kappa shape index (κ1) is 18.0. The highest BCUT2D eigenvalue weighted by Crippen LogP contribution is 2.37. The Hall–Kier alpha value is -2.41. The molecule has 0 N–H and O–H groups in total. The lowest BCUT2D eigenvalue weighted by atomic mass is 9.90. The molecule has 3 aromatic rings. The van der Waals surface area contributed by atoms with E-state index in [1.165, 1.54) is 64.8 Å². The Morgan fingerprint density at radius 3 is 2.15 bits per heavy atom. The lowest BCUT2D eigenvalue weighted by molar-refractivity contribution is -0.660. The molecule has 4 rings (SSSR count). The monoisotopic (exact) mass is 356 g/mol. The number of pyridine rings is 1. The van der Waals surface area contributed by atoms with Crippen molar-refractivity contribution < 1.29 is 4.57 Å². The minimum atomic E-state index is 0.740. The number of aromatic nitrogens is 1. The van der Waals surface area contributed by atoms with Crippen molar-refractivity contribution in [3.05, 3.63) is 77.0 Å². The quantitative estimate of drug-likeness (QED) is 0.476. The van der Waals surface area contributed by atoms with Crippen molar-refractivity contribution in [2.45, 2.75) is 52.4 Å². The number of hydrogen-bond acceptors (Lipinski definition) is 0. The zero-order valence-electron chi connectivity index (χ0n) is 17.0. The highest BCUT2D eigenvalue weighted by molar-refractivity contribution is 5.75. The molecule has 1 aliphatic rings. The number of benzene rings is 2. The van der Waals surface area contributed by atoms with E-state index in [2.05, 4.69) is 87.1 Å². The average molecular weight is 357 g/mol. The smallest absolute Gasteiger partial charge is 0.201 e. The van der Waals surface area contributed by atoms with Crippen LogP contribution in [0.3, 0.4) is 0 Å². The molecule has 1 saturated carbocycles. The highest BCUT2D eigenvalue weighted by Gasteiger charge is 2.24. The molecular formula is C26H30N+. The summed E-state index contributed by atoms with van der Waals surface area (Å²) < 4.78 is 2.31. The Morgan fingerprint density at radius 2 is 1.44 bits per heavy atom. The van der Waals surface area contributed by atoms with Crippen LogP contribution in [0.1, 0.15) is 53.9 Å². The van der Waals surface area contributed by atoms with Gasteiger partial charge in [-0.3, -0.25) is 0 Å². The maximum atomic E-state index is 2.47. The third-order valence-electron chi connectivity index (χ3n) is 6.24. The molecule has 0 radical (unpaired) electrons. The van der Waals surface area contributed by atoms with Gasteiger partial charge in [0.15, 0.2) is 6.20 Å². The Bertz CT molecular complexity index is 963. The molecular weight excluding hydrogens is 326 g/mol. The van der Waals surface area contributed by atoms with Crippen LogP contribution in [0.15, 0.2) is 54.7 Å². The Morgan fingerprint density at radius 1 is 0.778 bits per heavy atom. The van der Waals surface area contributed by atoms with Crippen molar-refractivity contribution in [1.29, 1.82) is 0 Å². The van der Waals surface area contributed by atoms with E-state index in [1.54, 1.807) is 5.56 Å². The summed E-state index contributed by atoms with van der Waals surface area (Å²) in [5.41, 5.74) is 11.0. The molecule has 0 bridgehead atoms. The fraction of sp³-hybridized carbons (Fsp3) is 0.346. The maximum absolute atomic E-state index is 2.47. The van der Waals surface area contributed by atoms with Gasteiger partial charge in [-0.15, -0.1) is 0 Å². The largest absolute Gasteiger partial charge is 0.212 e. The van der Waals surface area contributed by atoms with Crippen molar-refractivity contribution in [2.75, 3.05) is 0 Å². The van der Waals surface area contributed by atoms with Gasteiger partial charge in [0.05, 0.1) is 0 Å². The first-order chi connectivity index (χ1) is 13.0. The molecule has 0 spiro atoms. The number of nitrogens with zero attached hydrogens (tertiary/aromatic N) is 1. The van der Waals surface area contributed by atoms with Crippen molar-refractivity contribution >= 4 is 0 Å². The van der Waals surface area contributed by atoms with Crippen molar-refractivity contribution in [3.8, 4) is 22.4 Å². The van der Waals surface area contributed by atoms with E-state index in [0.29, 0.717) is 0 Å². The SMILES string of the molecule is Cc1cc(C)c(-c2cc(C3CCCC3)c(C)c[n+]2C)cc1-c1ccccc1. The molecule has 0 saturated heterocycles. The topological polar surface area (TPSA) is 3.88 Å². The van der Waals surface area contributed by atoms with Crippen LogP contribution in [0.5, 0.6) is 0 Å². The van der Waals surface area contributed by atoms with Crippen molar-refractivity contribution in [2.24, 2.45) is 7.05 Å². The number of hydrogen-bond donors (Lipinski definition) is 0. The van der Waals surface area contributed by atoms with Crippen molar-refractivity contribution in [3.63, 3.8) is 0 Å². The van der Waals surface area contributed by atoms with Crippen LogP contribution >= 0.6 is 0 Å². The summed E-state index contributed by atoms with van der Waals surface area (Å²) in [6, 6.07) is 18.0. The zero-order chi connectivity index (χ0) is 19.0. The highest BCUT2D eigenvalue weighted by atomic mass is 14.9. The molecule has 1 nitrogen and oxygen atoms in total. The summed E-state index contributed by atoms with van der Waals surface area (Å²) in [5.74, 6) is 0.740. The fourth-order valence-corrected chi connectivity index (χ4v) is 4.80. The molecule has 0 atom stereocenters. The number of aryl methyl sites for hydroxylation is 4. The molecule has 0 unspecified atom stereocenters. The molecule has 27 heavy (non-hydrogen) atoms. The van der Waals surface area contributed by atoms with Crippen molar-refractivity contribution in [1.82, 2.24) is 0 Å². The van der Waals surface area contributed by atoms with Crippen LogP contribution in [0, 0.1) is 20.8 Å². The zero-order valence-corrected chi connectivity index (χ0v) is 17.0. The Balaban J connectivity index is 1.87. The predicted molar refractivity (Wildman–Crippen MR) is 114 cm³/mol. The minimum absolute atomic E-state index is 0.740. The van der Waals surface area contributed by atoms with Gasteiger partial charge >= 0.3 is 0 Å². The molecule has 0 amide bonds. The third-order valence-corrected chi connectivity index (χ3v) is 6.24. The normalized spacial score (nSPS) is 14.7. The molecule has 1 heteroatoms. The standard InChI is InChI=1S/C26H30N/c1-18-14-19(2)25(15-23(18)21-10-6-5-7-11-21)26-16-24(20(3)17-27(26)4)22-12-8-9-13-22/h5-7,10-11,14-17,22H,8-9,12-13H2,1-4H3/q+1. The van der Waals surface area contributed by atoms with E-state index in [1.807, 2.05) is 0 Å². The van der Waals surface area contributed by atoms with Gasteiger partial charge in [0.25, 0.3) is 0 Å². The van der Waals surface area contributed by atoms with Gasteiger partial charge in [0.2, 0.25) is 5.69 Å². The van der Waals surface area contributed by atoms with Crippen LogP contribution < -0.4 is 4.57 Å². The molecule has 2 aromatic carbocycles. The third kappa shape index (κ3) is 3.43. The van der Waals surface area contributed by atoms with Gasteiger partial charge in [-0.05, 0) is 73.4 Å². The van der Waals surface area contributed by atoms with Crippen LogP contribution in [-0.2, 0) is 7.05 Å². The predicted octanol–water partition coefficient (Wildman–Crippen LogP) is 6.43. The average Bonchev–Trinajstić information content (AvgIpc) is 3.18. The maximum Gasteiger partial charge on any atom is 0.212 e. The Labute approximate surface area is 163 Å². The van der Waals surface area contributed by atoms with Gasteiger partial charge in [0.1, 0.15) is 7.05 Å². The number of rotatable bonds is 3. The first-order valence-electron chi connectivity index (χ1n) is 10.2. The summed E-state index contributed by atoms with van der Waals surface area (Å²) >= 11 is 0. The second-order valence-corrected chi connectivity index (χ2v) is 8.24. The van der Waals surface area contributed by atoms with E-state index in [-0.39, 0.29) is 0 Å². The summed E-state index contributed by atoms with van der Waals surface area (Å²) in [7, 11) is 2.18. The van der Waals surface area contributed by atoms with Gasteiger partial charge in [0, 0.05) is 17.2 Å². The summed E-state index contributed by atoms with van der Waals surface area (Å²) in [5, 5.41) is 0. The Kier molecular flexibility index (Phi) is 4.86. The van der Waals surface area contributed by atoms with E-state index in [9.17, 15) is 0 Å². The van der Waals surface area contributed by atoms with E-state index >= 15 is 0 Å². The molecule has 1 heterocycles. The van der Waals surface area contributed by atoms with Crippen LogP contribution in [0.2, 0.25) is 0 Å². The van der Waals surface area contributed by atoms with Crippen LogP contribution in [0.4, 0.5) is 0 Å². The van der Waals surface area contributed by atoms with Gasteiger partial charge in [-0.25, -0.2) is 4.57 Å². The summed E-state index contributed by atoms with van der Waals surface area (Å²) in [6.07, 6.45) is 7.77. The molecule has 138 valence electrons. The molecule has 1 fully saturated rings.